The van der Waals surface area contributed by atoms with Gasteiger partial charge in [-0.3, -0.25) is 0 Å². The molecule has 0 saturated carbocycles. The van der Waals surface area contributed by atoms with E-state index < -0.39 is 0 Å². The Labute approximate surface area is 128 Å². The van der Waals surface area contributed by atoms with Crippen molar-refractivity contribution >= 4 is 0 Å². The number of benzene rings is 1. The first-order valence-corrected chi connectivity index (χ1v) is 8.05. The van der Waals surface area contributed by atoms with Gasteiger partial charge in [0.2, 0.25) is 0 Å². The summed E-state index contributed by atoms with van der Waals surface area (Å²) in [4.78, 5) is 0. The van der Waals surface area contributed by atoms with Crippen LogP contribution in [0.4, 0.5) is 0 Å². The molecule has 0 saturated heterocycles. The maximum Gasteiger partial charge on any atom is 0.187 e. The van der Waals surface area contributed by atoms with E-state index in [-0.39, 0.29) is 12.6 Å². The van der Waals surface area contributed by atoms with Gasteiger partial charge in [-0.25, -0.2) is 0 Å². The Hall–Kier alpha value is -0.900. The Bertz CT molecular complexity index is 389. The van der Waals surface area contributed by atoms with E-state index >= 15 is 0 Å². The van der Waals surface area contributed by atoms with E-state index in [0.29, 0.717) is 11.8 Å². The molecule has 0 aromatic heterocycles. The van der Waals surface area contributed by atoms with E-state index in [1.165, 1.54) is 0 Å². The van der Waals surface area contributed by atoms with E-state index in [1.54, 1.807) is 0 Å². The van der Waals surface area contributed by atoms with E-state index in [9.17, 15) is 0 Å². The number of fused-ring (bicyclic) bond motifs is 1. The van der Waals surface area contributed by atoms with Crippen LogP contribution in [-0.4, -0.2) is 13.2 Å². The molecule has 1 aliphatic rings. The van der Waals surface area contributed by atoms with Crippen LogP contribution >= 0.6 is 0 Å². The lowest BCUT2D eigenvalue weighted by atomic mass is 10.1. The van der Waals surface area contributed by atoms with Crippen molar-refractivity contribution in [3.8, 4) is 0 Å². The molecule has 0 fully saturated rings. The number of rotatable bonds is 8. The van der Waals surface area contributed by atoms with Gasteiger partial charge in [-0.1, -0.05) is 52.0 Å². The Morgan fingerprint density at radius 1 is 0.857 bits per heavy atom. The zero-order chi connectivity index (χ0) is 15.2. The largest absolute Gasteiger partial charge is 0.348 e. The minimum absolute atomic E-state index is 0.288. The third kappa shape index (κ3) is 4.80. The molecule has 1 aliphatic heterocycles. The van der Waals surface area contributed by atoms with Gasteiger partial charge < -0.3 is 14.2 Å². The first-order valence-electron chi connectivity index (χ1n) is 8.05. The van der Waals surface area contributed by atoms with Crippen LogP contribution in [0.1, 0.15) is 64.2 Å². The Morgan fingerprint density at radius 3 is 1.67 bits per heavy atom. The second-order valence-electron chi connectivity index (χ2n) is 6.54. The molecule has 0 N–H and O–H groups in total. The molecule has 0 aliphatic carbocycles. The fraction of sp³-hybridized carbons (Fsp3) is 0.667. The van der Waals surface area contributed by atoms with Crippen LogP contribution in [-0.2, 0) is 14.2 Å². The molecule has 1 heterocycles. The van der Waals surface area contributed by atoms with E-state index in [1.807, 2.05) is 12.1 Å². The van der Waals surface area contributed by atoms with Crippen LogP contribution < -0.4 is 0 Å². The highest BCUT2D eigenvalue weighted by Gasteiger charge is 2.32. The van der Waals surface area contributed by atoms with Crippen LogP contribution in [0.3, 0.4) is 0 Å². The van der Waals surface area contributed by atoms with Crippen molar-refractivity contribution in [2.45, 2.75) is 53.1 Å². The topological polar surface area (TPSA) is 27.7 Å². The molecule has 118 valence electrons. The average Bonchev–Trinajstić information content (AvgIpc) is 2.77. The van der Waals surface area contributed by atoms with Crippen molar-refractivity contribution < 1.29 is 14.2 Å². The first-order chi connectivity index (χ1) is 10.1. The normalized spacial score (nSPS) is 21.2. The van der Waals surface area contributed by atoms with Crippen LogP contribution in [0, 0.1) is 11.8 Å². The predicted octanol–water partition coefficient (Wildman–Crippen LogP) is 4.84. The van der Waals surface area contributed by atoms with Crippen LogP contribution in [0.15, 0.2) is 24.3 Å². The lowest BCUT2D eigenvalue weighted by molar-refractivity contribution is -0.236. The smallest absolute Gasteiger partial charge is 0.187 e. The van der Waals surface area contributed by atoms with Crippen molar-refractivity contribution in [2.24, 2.45) is 11.8 Å². The maximum atomic E-state index is 5.95. The van der Waals surface area contributed by atoms with Gasteiger partial charge in [0.05, 0.1) is 13.2 Å². The molecule has 21 heavy (non-hydrogen) atoms. The lowest BCUT2D eigenvalue weighted by Gasteiger charge is -2.16. The van der Waals surface area contributed by atoms with Crippen LogP contribution in [0.25, 0.3) is 0 Å². The summed E-state index contributed by atoms with van der Waals surface area (Å²) in [5.74, 6) is 1.28. The summed E-state index contributed by atoms with van der Waals surface area (Å²) >= 11 is 0. The van der Waals surface area contributed by atoms with Gasteiger partial charge in [0, 0.05) is 11.1 Å². The molecule has 0 amide bonds. The van der Waals surface area contributed by atoms with Crippen molar-refractivity contribution in [1.29, 1.82) is 0 Å². The standard InChI is InChI=1S/C18H28O3/c1-13(2)9-11-19-17-15-7-5-6-8-16(15)18(21-17)20-12-10-14(3)4/h5-8,13-14,17-18H,9-12H2,1-4H3. The van der Waals surface area contributed by atoms with E-state index in [4.69, 9.17) is 14.2 Å². The SMILES string of the molecule is CC(C)CCOC1OC(OCCC(C)C)c2ccccc21. The molecular weight excluding hydrogens is 264 g/mol. The molecule has 2 unspecified atom stereocenters. The first kappa shape index (κ1) is 16.5. The summed E-state index contributed by atoms with van der Waals surface area (Å²) in [6.07, 6.45) is 1.51. The Morgan fingerprint density at radius 2 is 1.29 bits per heavy atom. The molecule has 0 radical (unpaired) electrons. The average molecular weight is 292 g/mol. The third-order valence-electron chi connectivity index (χ3n) is 3.68. The summed E-state index contributed by atoms with van der Waals surface area (Å²) < 4.78 is 17.7. The van der Waals surface area contributed by atoms with Gasteiger partial charge in [0.15, 0.2) is 12.6 Å². The van der Waals surface area contributed by atoms with Crippen molar-refractivity contribution in [1.82, 2.24) is 0 Å². The maximum absolute atomic E-state index is 5.95. The molecule has 1 aromatic carbocycles. The van der Waals surface area contributed by atoms with Crippen molar-refractivity contribution in [2.75, 3.05) is 13.2 Å². The molecule has 1 aromatic rings. The molecular formula is C18H28O3. The highest BCUT2D eigenvalue weighted by atomic mass is 16.8. The van der Waals surface area contributed by atoms with Gasteiger partial charge in [0.1, 0.15) is 0 Å². The summed E-state index contributed by atoms with van der Waals surface area (Å²) in [6, 6.07) is 8.19. The fourth-order valence-corrected chi connectivity index (χ4v) is 2.28. The summed E-state index contributed by atoms with van der Waals surface area (Å²) in [6.45, 7) is 10.2. The van der Waals surface area contributed by atoms with Gasteiger partial charge >= 0.3 is 0 Å². The van der Waals surface area contributed by atoms with Gasteiger partial charge in [-0.2, -0.15) is 0 Å². The van der Waals surface area contributed by atoms with E-state index in [0.717, 1.165) is 37.2 Å². The second kappa shape index (κ2) is 7.92. The summed E-state index contributed by atoms with van der Waals surface area (Å²) in [7, 11) is 0. The Kier molecular flexibility index (Phi) is 6.22. The van der Waals surface area contributed by atoms with E-state index in [2.05, 4.69) is 39.8 Å². The van der Waals surface area contributed by atoms with Crippen LogP contribution in [0.5, 0.6) is 0 Å². The van der Waals surface area contributed by atoms with Gasteiger partial charge in [0.25, 0.3) is 0 Å². The fourth-order valence-electron chi connectivity index (χ4n) is 2.28. The highest BCUT2D eigenvalue weighted by molar-refractivity contribution is 5.32. The highest BCUT2D eigenvalue weighted by Crippen LogP contribution is 2.40. The molecule has 3 nitrogen and oxygen atoms in total. The van der Waals surface area contributed by atoms with Gasteiger partial charge in [-0.05, 0) is 24.7 Å². The number of hydrogen-bond donors (Lipinski definition) is 0. The molecule has 0 bridgehead atoms. The van der Waals surface area contributed by atoms with Crippen LogP contribution in [0.2, 0.25) is 0 Å². The minimum Gasteiger partial charge on any atom is -0.348 e. The zero-order valence-electron chi connectivity index (χ0n) is 13.7. The zero-order valence-corrected chi connectivity index (χ0v) is 13.7. The Balaban J connectivity index is 1.93. The minimum atomic E-state index is -0.288. The predicted molar refractivity (Wildman–Crippen MR) is 83.8 cm³/mol. The van der Waals surface area contributed by atoms with Crippen molar-refractivity contribution in [3.63, 3.8) is 0 Å². The lowest BCUT2D eigenvalue weighted by Crippen LogP contribution is -2.09. The third-order valence-corrected chi connectivity index (χ3v) is 3.68. The molecule has 3 heteroatoms. The monoisotopic (exact) mass is 292 g/mol. The quantitative estimate of drug-likeness (QED) is 0.686. The second-order valence-corrected chi connectivity index (χ2v) is 6.54. The number of ether oxygens (including phenoxy) is 3. The molecule has 0 spiro atoms. The number of hydrogen-bond acceptors (Lipinski definition) is 3. The summed E-state index contributed by atoms with van der Waals surface area (Å²) in [5, 5.41) is 0. The summed E-state index contributed by atoms with van der Waals surface area (Å²) in [5.41, 5.74) is 2.21. The van der Waals surface area contributed by atoms with Crippen molar-refractivity contribution in [3.05, 3.63) is 35.4 Å². The van der Waals surface area contributed by atoms with Gasteiger partial charge in [-0.15, -0.1) is 0 Å². The molecule has 2 atom stereocenters. The molecule has 2 rings (SSSR count).